The molecular weight excluding hydrogens is 320 g/mol. The van der Waals surface area contributed by atoms with Gasteiger partial charge in [-0.1, -0.05) is 27.7 Å². The SMILES string of the molecule is CCC1OC2C(C)CC3(CC(C)C(C)C(CC(C)=O)O3)OC2OC1C. The quantitative estimate of drug-likeness (QED) is 0.774. The van der Waals surface area contributed by atoms with Gasteiger partial charge in [0.15, 0.2) is 12.1 Å². The number of carbonyl (C=O) groups is 1. The number of carbonyl (C=O) groups excluding carboxylic acids is 1. The second-order valence-corrected chi connectivity index (χ2v) is 8.57. The summed E-state index contributed by atoms with van der Waals surface area (Å²) in [7, 11) is 0. The molecule has 0 radical (unpaired) electrons. The first-order valence-electron chi connectivity index (χ1n) is 9.90. The van der Waals surface area contributed by atoms with E-state index in [1.54, 1.807) is 6.92 Å². The smallest absolute Gasteiger partial charge is 0.187 e. The van der Waals surface area contributed by atoms with Crippen molar-refractivity contribution in [2.45, 2.75) is 104 Å². The summed E-state index contributed by atoms with van der Waals surface area (Å²) in [5.41, 5.74) is 0. The van der Waals surface area contributed by atoms with Crippen molar-refractivity contribution in [1.29, 1.82) is 0 Å². The van der Waals surface area contributed by atoms with E-state index in [0.717, 1.165) is 19.3 Å². The van der Waals surface area contributed by atoms with Crippen LogP contribution in [0.2, 0.25) is 0 Å². The van der Waals surface area contributed by atoms with E-state index < -0.39 is 5.79 Å². The Bertz CT molecular complexity index is 494. The zero-order valence-electron chi connectivity index (χ0n) is 16.5. The van der Waals surface area contributed by atoms with Gasteiger partial charge in [0.2, 0.25) is 0 Å². The average Bonchev–Trinajstić information content (AvgIpc) is 2.51. The van der Waals surface area contributed by atoms with E-state index in [9.17, 15) is 4.79 Å². The minimum absolute atomic E-state index is 0.0153. The first kappa shape index (κ1) is 19.3. The zero-order valence-corrected chi connectivity index (χ0v) is 16.5. The molecule has 9 atom stereocenters. The standard InChI is InChI=1S/C20H34O5/c1-7-16-15(6)22-19-18(23-16)12(3)10-20(25-19)9-11(2)14(5)17(24-20)8-13(4)21/h11-12,14-19H,7-10H2,1-6H3. The summed E-state index contributed by atoms with van der Waals surface area (Å²) in [4.78, 5) is 11.7. The van der Waals surface area contributed by atoms with Gasteiger partial charge >= 0.3 is 0 Å². The van der Waals surface area contributed by atoms with Crippen molar-refractivity contribution in [3.05, 3.63) is 0 Å². The van der Waals surface area contributed by atoms with Gasteiger partial charge in [-0.25, -0.2) is 0 Å². The van der Waals surface area contributed by atoms with Crippen molar-refractivity contribution >= 4 is 5.78 Å². The maximum atomic E-state index is 11.7. The van der Waals surface area contributed by atoms with Crippen molar-refractivity contribution in [2.24, 2.45) is 17.8 Å². The second kappa shape index (κ2) is 7.26. The summed E-state index contributed by atoms with van der Waals surface area (Å²) in [6.45, 7) is 12.4. The van der Waals surface area contributed by atoms with Crippen molar-refractivity contribution in [3.8, 4) is 0 Å². The van der Waals surface area contributed by atoms with Crippen LogP contribution in [0.3, 0.4) is 0 Å². The minimum Gasteiger partial charge on any atom is -0.367 e. The lowest BCUT2D eigenvalue weighted by atomic mass is 9.77. The number of Topliss-reactive ketones (excluding diaryl/α,β-unsaturated/α-hetero) is 1. The molecule has 0 bridgehead atoms. The highest BCUT2D eigenvalue weighted by molar-refractivity contribution is 5.76. The molecule has 9 unspecified atom stereocenters. The highest BCUT2D eigenvalue weighted by Crippen LogP contribution is 2.48. The molecule has 5 heteroatoms. The zero-order chi connectivity index (χ0) is 18.4. The largest absolute Gasteiger partial charge is 0.367 e. The molecule has 0 aromatic carbocycles. The van der Waals surface area contributed by atoms with E-state index in [1.807, 2.05) is 6.92 Å². The van der Waals surface area contributed by atoms with E-state index >= 15 is 0 Å². The molecule has 3 rings (SSSR count). The molecule has 144 valence electrons. The van der Waals surface area contributed by atoms with Gasteiger partial charge in [-0.15, -0.1) is 0 Å². The van der Waals surface area contributed by atoms with Crippen LogP contribution in [-0.4, -0.2) is 42.3 Å². The van der Waals surface area contributed by atoms with Crippen LogP contribution < -0.4 is 0 Å². The van der Waals surface area contributed by atoms with E-state index in [1.165, 1.54) is 0 Å². The summed E-state index contributed by atoms with van der Waals surface area (Å²) in [6, 6.07) is 0. The van der Waals surface area contributed by atoms with Crippen molar-refractivity contribution in [1.82, 2.24) is 0 Å². The molecule has 0 amide bonds. The van der Waals surface area contributed by atoms with Crippen LogP contribution >= 0.6 is 0 Å². The topological polar surface area (TPSA) is 54.0 Å². The maximum absolute atomic E-state index is 11.7. The predicted octanol–water partition coefficient (Wildman–Crippen LogP) is 3.69. The van der Waals surface area contributed by atoms with Gasteiger partial charge < -0.3 is 18.9 Å². The lowest BCUT2D eigenvalue weighted by molar-refractivity contribution is -0.423. The lowest BCUT2D eigenvalue weighted by Gasteiger charge is -2.55. The van der Waals surface area contributed by atoms with Crippen molar-refractivity contribution in [2.75, 3.05) is 0 Å². The number of hydrogen-bond acceptors (Lipinski definition) is 5. The number of ether oxygens (including phenoxy) is 4. The van der Waals surface area contributed by atoms with Crippen LogP contribution in [-0.2, 0) is 23.7 Å². The van der Waals surface area contributed by atoms with Gasteiger partial charge in [0.25, 0.3) is 0 Å². The van der Waals surface area contributed by atoms with E-state index in [0.29, 0.717) is 24.2 Å². The molecule has 0 aromatic rings. The molecule has 0 saturated carbocycles. The summed E-state index contributed by atoms with van der Waals surface area (Å²) in [5, 5.41) is 0. The first-order valence-corrected chi connectivity index (χ1v) is 9.90. The van der Waals surface area contributed by atoms with Crippen molar-refractivity contribution < 1.29 is 23.7 Å². The van der Waals surface area contributed by atoms with Gasteiger partial charge in [0.05, 0.1) is 18.3 Å². The van der Waals surface area contributed by atoms with E-state index in [2.05, 4.69) is 27.7 Å². The molecule has 0 N–H and O–H groups in total. The number of rotatable bonds is 3. The average molecular weight is 354 g/mol. The van der Waals surface area contributed by atoms with Crippen LogP contribution in [0, 0.1) is 17.8 Å². The van der Waals surface area contributed by atoms with E-state index in [4.69, 9.17) is 18.9 Å². The Kier molecular flexibility index (Phi) is 5.60. The monoisotopic (exact) mass is 354 g/mol. The Labute approximate surface area is 151 Å². The second-order valence-electron chi connectivity index (χ2n) is 8.57. The number of fused-ring (bicyclic) bond motifs is 1. The molecule has 0 aromatic heterocycles. The van der Waals surface area contributed by atoms with Gasteiger partial charge in [-0.05, 0) is 38.0 Å². The predicted molar refractivity (Wildman–Crippen MR) is 94.0 cm³/mol. The Morgan fingerprint density at radius 3 is 2.32 bits per heavy atom. The van der Waals surface area contributed by atoms with Crippen LogP contribution in [0.5, 0.6) is 0 Å². The van der Waals surface area contributed by atoms with Gasteiger partial charge in [0, 0.05) is 19.3 Å². The van der Waals surface area contributed by atoms with Crippen LogP contribution in [0.1, 0.15) is 67.2 Å². The van der Waals surface area contributed by atoms with Crippen LogP contribution in [0.4, 0.5) is 0 Å². The molecule has 0 aliphatic carbocycles. The highest BCUT2D eigenvalue weighted by atomic mass is 16.8. The van der Waals surface area contributed by atoms with Crippen LogP contribution in [0.25, 0.3) is 0 Å². The summed E-state index contributed by atoms with van der Waals surface area (Å²) < 4.78 is 25.3. The number of hydrogen-bond donors (Lipinski definition) is 0. The van der Waals surface area contributed by atoms with Crippen molar-refractivity contribution in [3.63, 3.8) is 0 Å². The molecule has 3 saturated heterocycles. The third kappa shape index (κ3) is 3.80. The Morgan fingerprint density at radius 1 is 1.00 bits per heavy atom. The molecular formula is C20H34O5. The summed E-state index contributed by atoms with van der Waals surface area (Å²) in [6.07, 6.45) is 2.63. The van der Waals surface area contributed by atoms with Gasteiger partial charge in [-0.3, -0.25) is 4.79 Å². The maximum Gasteiger partial charge on any atom is 0.187 e. The highest BCUT2D eigenvalue weighted by Gasteiger charge is 2.55. The Balaban J connectivity index is 1.77. The van der Waals surface area contributed by atoms with Gasteiger partial charge in [0.1, 0.15) is 11.9 Å². The van der Waals surface area contributed by atoms with E-state index in [-0.39, 0.29) is 36.5 Å². The minimum atomic E-state index is -0.658. The molecule has 3 heterocycles. The molecule has 5 nitrogen and oxygen atoms in total. The Hall–Kier alpha value is -0.490. The third-order valence-electron chi connectivity index (χ3n) is 6.37. The molecule has 3 fully saturated rings. The molecule has 25 heavy (non-hydrogen) atoms. The Morgan fingerprint density at radius 2 is 1.68 bits per heavy atom. The molecule has 3 aliphatic rings. The fourth-order valence-corrected chi connectivity index (χ4v) is 4.74. The lowest BCUT2D eigenvalue weighted by Crippen LogP contribution is -2.62. The van der Waals surface area contributed by atoms with Gasteiger partial charge in [-0.2, -0.15) is 0 Å². The van der Waals surface area contributed by atoms with Crippen LogP contribution in [0.15, 0.2) is 0 Å². The molecule has 3 aliphatic heterocycles. The third-order valence-corrected chi connectivity index (χ3v) is 6.37. The fraction of sp³-hybridized carbons (Fsp3) is 0.950. The normalized spacial score (nSPS) is 50.5. The number of ketones is 1. The fourth-order valence-electron chi connectivity index (χ4n) is 4.74. The summed E-state index contributed by atoms with van der Waals surface area (Å²) >= 11 is 0. The first-order chi connectivity index (χ1) is 11.7. The summed E-state index contributed by atoms with van der Waals surface area (Å²) in [5.74, 6) is 0.581. The molecule has 1 spiro atoms.